The zero-order chi connectivity index (χ0) is 15.5. The first-order valence-electron chi connectivity index (χ1n) is 7.50. The van der Waals surface area contributed by atoms with Crippen molar-refractivity contribution in [2.75, 3.05) is 23.3 Å². The van der Waals surface area contributed by atoms with Crippen LogP contribution in [0.5, 0.6) is 0 Å². The van der Waals surface area contributed by atoms with Crippen molar-refractivity contribution in [3.05, 3.63) is 24.3 Å². The van der Waals surface area contributed by atoms with E-state index in [1.807, 2.05) is 24.3 Å². The molecule has 2 rings (SSSR count). The minimum Gasteiger partial charge on any atom is -0.392 e. The molecule has 0 bridgehead atoms. The van der Waals surface area contributed by atoms with E-state index in [2.05, 4.69) is 24.1 Å². The Morgan fingerprint density at radius 2 is 1.86 bits per heavy atom. The summed E-state index contributed by atoms with van der Waals surface area (Å²) in [6, 6.07) is 7.91. The number of carbonyl (C=O) groups is 1. The highest BCUT2D eigenvalue weighted by atomic mass is 32.1. The minimum atomic E-state index is -0.632. The van der Waals surface area contributed by atoms with Gasteiger partial charge in [0.25, 0.3) is 0 Å². The van der Waals surface area contributed by atoms with E-state index >= 15 is 0 Å². The van der Waals surface area contributed by atoms with Crippen LogP contribution in [0.15, 0.2) is 24.3 Å². The predicted octanol–water partition coefficient (Wildman–Crippen LogP) is 2.93. The van der Waals surface area contributed by atoms with Crippen LogP contribution in [-0.4, -0.2) is 24.0 Å². The Hall–Kier alpha value is -1.62. The monoisotopic (exact) mass is 305 g/mol. The van der Waals surface area contributed by atoms with Gasteiger partial charge in [-0.05, 0) is 51.0 Å². The van der Waals surface area contributed by atoms with Crippen molar-refractivity contribution in [1.82, 2.24) is 0 Å². The molecule has 1 fully saturated rings. The van der Waals surface area contributed by atoms with E-state index < -0.39 is 5.41 Å². The molecule has 1 aromatic carbocycles. The largest absolute Gasteiger partial charge is 0.392 e. The van der Waals surface area contributed by atoms with E-state index in [1.165, 1.54) is 0 Å². The van der Waals surface area contributed by atoms with Crippen molar-refractivity contribution in [3.63, 3.8) is 0 Å². The Morgan fingerprint density at radius 1 is 1.29 bits per heavy atom. The van der Waals surface area contributed by atoms with Gasteiger partial charge in [-0.3, -0.25) is 4.79 Å². The molecule has 3 N–H and O–H groups in total. The van der Waals surface area contributed by atoms with E-state index in [0.717, 1.165) is 43.7 Å². The maximum atomic E-state index is 12.4. The van der Waals surface area contributed by atoms with Crippen LogP contribution in [0.1, 0.15) is 33.1 Å². The summed E-state index contributed by atoms with van der Waals surface area (Å²) in [5.41, 5.74) is 7.07. The normalized spacial score (nSPS) is 15.9. The van der Waals surface area contributed by atoms with Crippen LogP contribution in [0.25, 0.3) is 0 Å². The highest BCUT2D eigenvalue weighted by Gasteiger charge is 2.46. The molecule has 1 aromatic rings. The lowest BCUT2D eigenvalue weighted by Gasteiger charge is -2.39. The lowest BCUT2D eigenvalue weighted by Crippen LogP contribution is -2.50. The SMILES string of the molecule is CCN(CC)c1ccc(NC(=O)C2(C(N)=S)CCC2)cc1. The number of benzene rings is 1. The van der Waals surface area contributed by atoms with Crippen LogP contribution < -0.4 is 16.0 Å². The standard InChI is InChI=1S/C16H23N3OS/c1-3-19(4-2)13-8-6-12(7-9-13)18-15(20)16(14(17)21)10-5-11-16/h6-9H,3-5,10-11H2,1-2H3,(H2,17,21)(H,18,20). The summed E-state index contributed by atoms with van der Waals surface area (Å²) in [6.45, 7) is 6.18. The maximum absolute atomic E-state index is 12.4. The van der Waals surface area contributed by atoms with E-state index in [0.29, 0.717) is 4.99 Å². The predicted molar refractivity (Wildman–Crippen MR) is 91.7 cm³/mol. The quantitative estimate of drug-likeness (QED) is 0.793. The molecule has 1 aliphatic carbocycles. The summed E-state index contributed by atoms with van der Waals surface area (Å²) in [4.78, 5) is 15.0. The molecule has 114 valence electrons. The molecule has 0 radical (unpaired) electrons. The van der Waals surface area contributed by atoms with Gasteiger partial charge in [-0.1, -0.05) is 18.6 Å². The summed E-state index contributed by atoms with van der Waals surface area (Å²) >= 11 is 5.07. The number of nitrogens with two attached hydrogens (primary N) is 1. The molecule has 0 aromatic heterocycles. The average Bonchev–Trinajstić information content (AvgIpc) is 2.40. The fraction of sp³-hybridized carbons (Fsp3) is 0.500. The fourth-order valence-corrected chi connectivity index (χ4v) is 3.01. The lowest BCUT2D eigenvalue weighted by atomic mass is 9.68. The molecule has 0 aliphatic heterocycles. The number of rotatable bonds is 6. The van der Waals surface area contributed by atoms with Gasteiger partial charge in [0.1, 0.15) is 0 Å². The molecule has 0 spiro atoms. The molecular weight excluding hydrogens is 282 g/mol. The van der Waals surface area contributed by atoms with Crippen molar-refractivity contribution >= 4 is 34.5 Å². The van der Waals surface area contributed by atoms with Gasteiger partial charge in [-0.2, -0.15) is 0 Å². The number of anilines is 2. The van der Waals surface area contributed by atoms with Gasteiger partial charge in [0, 0.05) is 24.5 Å². The van der Waals surface area contributed by atoms with Crippen molar-refractivity contribution < 1.29 is 4.79 Å². The number of carbonyl (C=O) groups excluding carboxylic acids is 1. The van der Waals surface area contributed by atoms with E-state index in [9.17, 15) is 4.79 Å². The first-order valence-corrected chi connectivity index (χ1v) is 7.90. The molecule has 4 nitrogen and oxygen atoms in total. The van der Waals surface area contributed by atoms with Gasteiger partial charge < -0.3 is 16.0 Å². The summed E-state index contributed by atoms with van der Waals surface area (Å²) in [5, 5.41) is 2.94. The van der Waals surface area contributed by atoms with Crippen molar-refractivity contribution in [2.24, 2.45) is 11.1 Å². The second-order valence-corrected chi connectivity index (χ2v) is 5.91. The second-order valence-electron chi connectivity index (χ2n) is 5.47. The fourth-order valence-electron chi connectivity index (χ4n) is 2.71. The Morgan fingerprint density at radius 3 is 2.24 bits per heavy atom. The smallest absolute Gasteiger partial charge is 0.237 e. The highest BCUT2D eigenvalue weighted by molar-refractivity contribution is 7.80. The molecule has 5 heteroatoms. The van der Waals surface area contributed by atoms with Crippen molar-refractivity contribution in [2.45, 2.75) is 33.1 Å². The highest BCUT2D eigenvalue weighted by Crippen LogP contribution is 2.42. The summed E-state index contributed by atoms with van der Waals surface area (Å²) in [6.07, 6.45) is 2.52. The first kappa shape index (κ1) is 15.8. The Balaban J connectivity index is 2.07. The Kier molecular flexibility index (Phi) is 4.83. The van der Waals surface area contributed by atoms with Gasteiger partial charge in [-0.15, -0.1) is 0 Å². The third kappa shape index (κ3) is 3.02. The number of hydrogen-bond acceptors (Lipinski definition) is 3. The molecule has 0 saturated heterocycles. The van der Waals surface area contributed by atoms with Gasteiger partial charge in [0.2, 0.25) is 5.91 Å². The van der Waals surface area contributed by atoms with E-state index in [1.54, 1.807) is 0 Å². The number of hydrogen-bond donors (Lipinski definition) is 2. The van der Waals surface area contributed by atoms with Crippen molar-refractivity contribution in [3.8, 4) is 0 Å². The van der Waals surface area contributed by atoms with Crippen LogP contribution in [0, 0.1) is 5.41 Å². The second kappa shape index (κ2) is 6.43. The van der Waals surface area contributed by atoms with Crippen LogP contribution in [0.3, 0.4) is 0 Å². The zero-order valence-electron chi connectivity index (χ0n) is 12.7. The molecule has 0 atom stereocenters. The van der Waals surface area contributed by atoms with Gasteiger partial charge >= 0.3 is 0 Å². The summed E-state index contributed by atoms with van der Waals surface area (Å²) < 4.78 is 0. The minimum absolute atomic E-state index is 0.0724. The van der Waals surface area contributed by atoms with Crippen LogP contribution in [0.2, 0.25) is 0 Å². The summed E-state index contributed by atoms with van der Waals surface area (Å²) in [7, 11) is 0. The molecule has 21 heavy (non-hydrogen) atoms. The third-order valence-electron chi connectivity index (χ3n) is 4.37. The van der Waals surface area contributed by atoms with E-state index in [4.69, 9.17) is 18.0 Å². The van der Waals surface area contributed by atoms with Crippen LogP contribution in [0.4, 0.5) is 11.4 Å². The number of amides is 1. The Bertz CT molecular complexity index is 519. The van der Waals surface area contributed by atoms with Gasteiger partial charge in [0.15, 0.2) is 0 Å². The summed E-state index contributed by atoms with van der Waals surface area (Å²) in [5.74, 6) is -0.0724. The maximum Gasteiger partial charge on any atom is 0.237 e. The Labute approximate surface area is 131 Å². The number of nitrogens with one attached hydrogen (secondary N) is 1. The van der Waals surface area contributed by atoms with Crippen LogP contribution in [-0.2, 0) is 4.79 Å². The third-order valence-corrected chi connectivity index (χ3v) is 4.76. The van der Waals surface area contributed by atoms with Gasteiger partial charge in [-0.25, -0.2) is 0 Å². The van der Waals surface area contributed by atoms with Crippen molar-refractivity contribution in [1.29, 1.82) is 0 Å². The number of thiocarbonyl (C=S) groups is 1. The molecule has 1 amide bonds. The zero-order valence-corrected chi connectivity index (χ0v) is 13.5. The molecule has 0 heterocycles. The topological polar surface area (TPSA) is 58.4 Å². The van der Waals surface area contributed by atoms with E-state index in [-0.39, 0.29) is 5.91 Å². The number of nitrogens with zero attached hydrogens (tertiary/aromatic N) is 1. The van der Waals surface area contributed by atoms with Crippen LogP contribution >= 0.6 is 12.2 Å². The molecular formula is C16H23N3OS. The molecule has 0 unspecified atom stereocenters. The first-order chi connectivity index (χ1) is 10.0. The van der Waals surface area contributed by atoms with Gasteiger partial charge in [0.05, 0.1) is 10.4 Å². The molecule has 1 aliphatic rings. The average molecular weight is 305 g/mol. The molecule has 1 saturated carbocycles. The lowest BCUT2D eigenvalue weighted by molar-refractivity contribution is -0.125.